The van der Waals surface area contributed by atoms with Gasteiger partial charge in [0.05, 0.1) is 22.3 Å². The van der Waals surface area contributed by atoms with E-state index in [1.165, 1.54) is 12.1 Å². The highest BCUT2D eigenvalue weighted by Gasteiger charge is 2.30. The number of aromatic amines is 1. The minimum atomic E-state index is -4.47. The van der Waals surface area contributed by atoms with Crippen LogP contribution in [0, 0.1) is 6.92 Å². The molecule has 0 fully saturated rings. The average Bonchev–Trinajstić information content (AvgIpc) is 3.37. The summed E-state index contributed by atoms with van der Waals surface area (Å²) in [5, 5.41) is 7.49. The zero-order valence-electron chi connectivity index (χ0n) is 17.9. The Bertz CT molecular complexity index is 1370. The monoisotopic (exact) mass is 488 g/mol. The van der Waals surface area contributed by atoms with Gasteiger partial charge in [-0.1, -0.05) is 23.7 Å². The SMILES string of the molecule is Cc1ccn(CC/C(C(=O)Nc2nc3ccc(Cl)cc3[nH]2)=C(/N)c2ccc(C(F)(F)F)cc2)n1. The summed E-state index contributed by atoms with van der Waals surface area (Å²) in [6.07, 6.45) is -2.52. The first-order valence-electron chi connectivity index (χ1n) is 10.2. The molecule has 0 saturated heterocycles. The van der Waals surface area contributed by atoms with E-state index in [-0.39, 0.29) is 23.6 Å². The van der Waals surface area contributed by atoms with E-state index < -0.39 is 17.6 Å². The maximum atomic E-state index is 13.2. The second-order valence-corrected chi connectivity index (χ2v) is 8.07. The average molecular weight is 489 g/mol. The number of nitrogens with one attached hydrogen (secondary N) is 2. The summed E-state index contributed by atoms with van der Waals surface area (Å²) < 4.78 is 40.5. The van der Waals surface area contributed by atoms with Crippen molar-refractivity contribution in [1.29, 1.82) is 0 Å². The smallest absolute Gasteiger partial charge is 0.398 e. The molecule has 0 atom stereocenters. The third-order valence-electron chi connectivity index (χ3n) is 5.16. The minimum absolute atomic E-state index is 0.0641. The Morgan fingerprint density at radius 2 is 1.91 bits per heavy atom. The zero-order chi connectivity index (χ0) is 24.5. The molecule has 176 valence electrons. The number of aromatic nitrogens is 4. The molecule has 0 radical (unpaired) electrons. The van der Waals surface area contributed by atoms with E-state index in [4.69, 9.17) is 17.3 Å². The predicted molar refractivity (Wildman–Crippen MR) is 124 cm³/mol. The number of hydrogen-bond acceptors (Lipinski definition) is 4. The van der Waals surface area contributed by atoms with E-state index in [0.717, 1.165) is 17.8 Å². The molecule has 2 aromatic heterocycles. The van der Waals surface area contributed by atoms with Crippen LogP contribution in [0.3, 0.4) is 0 Å². The third kappa shape index (κ3) is 5.23. The van der Waals surface area contributed by atoms with Crippen LogP contribution in [-0.2, 0) is 17.5 Å². The van der Waals surface area contributed by atoms with Gasteiger partial charge < -0.3 is 10.7 Å². The van der Waals surface area contributed by atoms with Gasteiger partial charge in [-0.3, -0.25) is 14.8 Å². The van der Waals surface area contributed by atoms with Crippen molar-refractivity contribution in [1.82, 2.24) is 19.7 Å². The summed E-state index contributed by atoms with van der Waals surface area (Å²) >= 11 is 6.00. The highest BCUT2D eigenvalue weighted by molar-refractivity contribution is 6.31. The number of halogens is 4. The summed E-state index contributed by atoms with van der Waals surface area (Å²) in [6, 6.07) is 11.2. The molecule has 0 spiro atoms. The molecule has 2 aromatic carbocycles. The number of anilines is 1. The number of carbonyl (C=O) groups is 1. The van der Waals surface area contributed by atoms with Gasteiger partial charge in [0, 0.05) is 29.0 Å². The Balaban J connectivity index is 1.64. The van der Waals surface area contributed by atoms with Gasteiger partial charge in [-0.15, -0.1) is 0 Å². The largest absolute Gasteiger partial charge is 0.416 e. The number of H-pyrrole nitrogens is 1. The van der Waals surface area contributed by atoms with Crippen LogP contribution in [0.15, 0.2) is 60.3 Å². The lowest BCUT2D eigenvalue weighted by Crippen LogP contribution is -2.20. The lowest BCUT2D eigenvalue weighted by Gasteiger charge is -2.13. The van der Waals surface area contributed by atoms with Gasteiger partial charge in [-0.25, -0.2) is 4.98 Å². The second-order valence-electron chi connectivity index (χ2n) is 7.64. The topological polar surface area (TPSA) is 102 Å². The van der Waals surface area contributed by atoms with Gasteiger partial charge in [-0.2, -0.15) is 18.3 Å². The highest BCUT2D eigenvalue weighted by Crippen LogP contribution is 2.30. The molecule has 7 nitrogen and oxygen atoms in total. The maximum absolute atomic E-state index is 13.2. The van der Waals surface area contributed by atoms with Crippen LogP contribution >= 0.6 is 11.6 Å². The number of alkyl halides is 3. The first-order chi connectivity index (χ1) is 16.1. The van der Waals surface area contributed by atoms with Crippen LogP contribution in [0.25, 0.3) is 16.7 Å². The molecule has 4 rings (SSSR count). The number of imidazole rings is 1. The fraction of sp³-hybridized carbons (Fsp3) is 0.174. The van der Waals surface area contributed by atoms with Crippen LogP contribution in [0.2, 0.25) is 5.02 Å². The molecule has 34 heavy (non-hydrogen) atoms. The van der Waals surface area contributed by atoms with Crippen molar-refractivity contribution in [3.05, 3.63) is 82.1 Å². The fourth-order valence-corrected chi connectivity index (χ4v) is 3.59. The van der Waals surface area contributed by atoms with Crippen LogP contribution in [-0.4, -0.2) is 25.7 Å². The minimum Gasteiger partial charge on any atom is -0.398 e. The third-order valence-corrected chi connectivity index (χ3v) is 5.40. The number of amides is 1. The van der Waals surface area contributed by atoms with E-state index in [2.05, 4.69) is 20.4 Å². The summed E-state index contributed by atoms with van der Waals surface area (Å²) in [6.45, 7) is 2.18. The first-order valence-corrected chi connectivity index (χ1v) is 10.6. The van der Waals surface area contributed by atoms with Crippen LogP contribution < -0.4 is 11.1 Å². The quantitative estimate of drug-likeness (QED) is 0.327. The Morgan fingerprint density at radius 1 is 1.18 bits per heavy atom. The molecule has 2 heterocycles. The lowest BCUT2D eigenvalue weighted by atomic mass is 10.0. The van der Waals surface area contributed by atoms with Crippen molar-refractivity contribution in [3.8, 4) is 0 Å². The molecule has 4 N–H and O–H groups in total. The highest BCUT2D eigenvalue weighted by atomic mass is 35.5. The number of hydrogen-bond donors (Lipinski definition) is 3. The molecule has 4 aromatic rings. The van der Waals surface area contributed by atoms with Gasteiger partial charge in [0.15, 0.2) is 0 Å². The van der Waals surface area contributed by atoms with Crippen LogP contribution in [0.5, 0.6) is 0 Å². The molecular formula is C23H20ClF3N6O. The maximum Gasteiger partial charge on any atom is 0.416 e. The number of fused-ring (bicyclic) bond motifs is 1. The molecule has 0 aliphatic carbocycles. The Morgan fingerprint density at radius 3 is 2.56 bits per heavy atom. The summed E-state index contributed by atoms with van der Waals surface area (Å²) in [7, 11) is 0. The molecular weight excluding hydrogens is 469 g/mol. The predicted octanol–water partition coefficient (Wildman–Crippen LogP) is 5.14. The van der Waals surface area contributed by atoms with E-state index in [0.29, 0.717) is 28.2 Å². The Labute approximate surface area is 197 Å². The number of nitrogens with two attached hydrogens (primary N) is 1. The van der Waals surface area contributed by atoms with E-state index >= 15 is 0 Å². The van der Waals surface area contributed by atoms with Gasteiger partial charge in [-0.05, 0) is 55.3 Å². The van der Waals surface area contributed by atoms with Gasteiger partial charge >= 0.3 is 6.18 Å². The van der Waals surface area contributed by atoms with Crippen molar-refractivity contribution in [2.75, 3.05) is 5.32 Å². The molecule has 0 aliphatic heterocycles. The molecule has 11 heteroatoms. The zero-order valence-corrected chi connectivity index (χ0v) is 18.7. The van der Waals surface area contributed by atoms with Crippen molar-refractivity contribution in [2.24, 2.45) is 5.73 Å². The fourth-order valence-electron chi connectivity index (χ4n) is 3.42. The van der Waals surface area contributed by atoms with E-state index in [1.54, 1.807) is 29.1 Å². The first kappa shape index (κ1) is 23.4. The normalized spacial score (nSPS) is 12.6. The van der Waals surface area contributed by atoms with Crippen LogP contribution in [0.4, 0.5) is 19.1 Å². The number of aryl methyl sites for hydroxylation is 2. The van der Waals surface area contributed by atoms with Gasteiger partial charge in [0.1, 0.15) is 0 Å². The van der Waals surface area contributed by atoms with E-state index in [1.807, 2.05) is 13.0 Å². The Hall–Kier alpha value is -3.79. The standard InChI is InChI=1S/C23H20ClF3N6O/c1-13-8-10-33(32-13)11-9-17(20(28)14-2-4-15(5-3-14)23(25,26)27)21(34)31-22-29-18-7-6-16(24)12-19(18)30-22/h2-8,10,12H,9,11,28H2,1H3,(H2,29,30,31,34)/b20-17-. The molecule has 0 unspecified atom stereocenters. The molecule has 0 aliphatic rings. The summed E-state index contributed by atoms with van der Waals surface area (Å²) in [5.41, 5.74) is 8.07. The number of nitrogens with zero attached hydrogens (tertiary/aromatic N) is 3. The summed E-state index contributed by atoms with van der Waals surface area (Å²) in [5.74, 6) is -0.346. The number of carbonyl (C=O) groups excluding carboxylic acids is 1. The Kier molecular flexibility index (Phi) is 6.34. The number of rotatable bonds is 6. The van der Waals surface area contributed by atoms with Crippen molar-refractivity contribution < 1.29 is 18.0 Å². The lowest BCUT2D eigenvalue weighted by molar-refractivity contribution is -0.137. The summed E-state index contributed by atoms with van der Waals surface area (Å²) in [4.78, 5) is 20.5. The second kappa shape index (κ2) is 9.22. The molecule has 0 saturated carbocycles. The number of benzene rings is 2. The van der Waals surface area contributed by atoms with Crippen molar-refractivity contribution >= 4 is 40.2 Å². The van der Waals surface area contributed by atoms with Crippen LogP contribution in [0.1, 0.15) is 23.2 Å². The van der Waals surface area contributed by atoms with Gasteiger partial charge in [0.25, 0.3) is 5.91 Å². The van der Waals surface area contributed by atoms with Crippen molar-refractivity contribution in [3.63, 3.8) is 0 Å². The molecule has 0 bridgehead atoms. The van der Waals surface area contributed by atoms with E-state index in [9.17, 15) is 18.0 Å². The van der Waals surface area contributed by atoms with Crippen molar-refractivity contribution in [2.45, 2.75) is 26.1 Å². The molecule has 1 amide bonds. The van der Waals surface area contributed by atoms with Gasteiger partial charge in [0.2, 0.25) is 5.95 Å².